The number of urea groups is 1. The first-order valence-corrected chi connectivity index (χ1v) is 8.53. The Balaban J connectivity index is 1.69. The molecule has 0 atom stereocenters. The highest BCUT2D eigenvalue weighted by molar-refractivity contribution is 5.90. The van der Waals surface area contributed by atoms with Crippen molar-refractivity contribution in [3.05, 3.63) is 65.7 Å². The number of carbonyl (C=O) groups excluding carboxylic acids is 1. The number of hydrogen-bond acceptors (Lipinski definition) is 2. The van der Waals surface area contributed by atoms with E-state index in [1.165, 1.54) is 5.56 Å². The third-order valence-corrected chi connectivity index (χ3v) is 4.74. The zero-order valence-corrected chi connectivity index (χ0v) is 13.8. The van der Waals surface area contributed by atoms with Gasteiger partial charge in [-0.25, -0.2) is 4.79 Å². The van der Waals surface area contributed by atoms with Gasteiger partial charge in [-0.15, -0.1) is 0 Å². The molecule has 0 aliphatic heterocycles. The van der Waals surface area contributed by atoms with Crippen molar-refractivity contribution >= 4 is 11.7 Å². The van der Waals surface area contributed by atoms with Crippen LogP contribution in [-0.4, -0.2) is 23.3 Å². The molecule has 0 unspecified atom stereocenters. The van der Waals surface area contributed by atoms with Gasteiger partial charge in [-0.05, 0) is 36.5 Å². The third-order valence-electron chi connectivity index (χ3n) is 4.74. The molecule has 4 nitrogen and oxygen atoms in total. The minimum absolute atomic E-state index is 0.00785. The number of amides is 2. The first kappa shape index (κ1) is 16.5. The SMILES string of the molecule is O=C(Nc1ccccc1Cc1ccccc1)NC1(CO)CCCC1. The topological polar surface area (TPSA) is 61.4 Å². The van der Waals surface area contributed by atoms with E-state index < -0.39 is 5.54 Å². The van der Waals surface area contributed by atoms with E-state index in [0.29, 0.717) is 0 Å². The van der Waals surface area contributed by atoms with Crippen molar-refractivity contribution in [3.8, 4) is 0 Å². The molecule has 4 heteroatoms. The predicted molar refractivity (Wildman–Crippen MR) is 96.1 cm³/mol. The first-order valence-electron chi connectivity index (χ1n) is 8.53. The van der Waals surface area contributed by atoms with Crippen LogP contribution in [0.1, 0.15) is 36.8 Å². The maximum atomic E-state index is 12.4. The number of aliphatic hydroxyl groups is 1. The lowest BCUT2D eigenvalue weighted by Gasteiger charge is -2.28. The fourth-order valence-electron chi connectivity index (χ4n) is 3.38. The van der Waals surface area contributed by atoms with Gasteiger partial charge in [0.15, 0.2) is 0 Å². The van der Waals surface area contributed by atoms with E-state index in [4.69, 9.17) is 0 Å². The Morgan fingerprint density at radius 3 is 2.38 bits per heavy atom. The van der Waals surface area contributed by atoms with Crippen LogP contribution in [0.4, 0.5) is 10.5 Å². The van der Waals surface area contributed by atoms with Crippen LogP contribution in [-0.2, 0) is 6.42 Å². The van der Waals surface area contributed by atoms with E-state index in [1.807, 2.05) is 42.5 Å². The highest BCUT2D eigenvalue weighted by atomic mass is 16.3. The van der Waals surface area contributed by atoms with Crippen molar-refractivity contribution in [2.45, 2.75) is 37.6 Å². The van der Waals surface area contributed by atoms with Gasteiger partial charge >= 0.3 is 6.03 Å². The number of anilines is 1. The fraction of sp³-hybridized carbons (Fsp3) is 0.350. The fourth-order valence-corrected chi connectivity index (χ4v) is 3.38. The Morgan fingerprint density at radius 2 is 1.67 bits per heavy atom. The number of hydrogen-bond donors (Lipinski definition) is 3. The summed E-state index contributed by atoms with van der Waals surface area (Å²) < 4.78 is 0. The third kappa shape index (κ3) is 3.95. The van der Waals surface area contributed by atoms with Crippen molar-refractivity contribution in [1.82, 2.24) is 5.32 Å². The molecule has 2 amide bonds. The van der Waals surface area contributed by atoms with E-state index in [9.17, 15) is 9.90 Å². The van der Waals surface area contributed by atoms with Gasteiger partial charge in [0.1, 0.15) is 0 Å². The van der Waals surface area contributed by atoms with E-state index >= 15 is 0 Å². The van der Waals surface area contributed by atoms with Gasteiger partial charge in [-0.2, -0.15) is 0 Å². The summed E-state index contributed by atoms with van der Waals surface area (Å²) in [5, 5.41) is 15.6. The van der Waals surface area contributed by atoms with E-state index in [-0.39, 0.29) is 12.6 Å². The van der Waals surface area contributed by atoms with Crippen LogP contribution in [0.25, 0.3) is 0 Å². The molecule has 126 valence electrons. The lowest BCUT2D eigenvalue weighted by atomic mass is 9.99. The van der Waals surface area contributed by atoms with Gasteiger partial charge < -0.3 is 15.7 Å². The van der Waals surface area contributed by atoms with Gasteiger partial charge in [0.25, 0.3) is 0 Å². The number of benzene rings is 2. The number of para-hydroxylation sites is 1. The smallest absolute Gasteiger partial charge is 0.319 e. The summed E-state index contributed by atoms with van der Waals surface area (Å²) in [5.74, 6) is 0. The second kappa shape index (κ2) is 7.49. The molecule has 1 fully saturated rings. The number of carbonyl (C=O) groups is 1. The molecule has 0 spiro atoms. The monoisotopic (exact) mass is 324 g/mol. The van der Waals surface area contributed by atoms with Crippen molar-refractivity contribution in [2.75, 3.05) is 11.9 Å². The lowest BCUT2D eigenvalue weighted by Crippen LogP contribution is -2.50. The first-order chi connectivity index (χ1) is 11.7. The maximum absolute atomic E-state index is 12.4. The molecule has 3 N–H and O–H groups in total. The standard InChI is InChI=1S/C20H24N2O2/c23-15-20(12-6-7-13-20)22-19(24)21-18-11-5-4-10-17(18)14-16-8-2-1-3-9-16/h1-5,8-11,23H,6-7,12-15H2,(H2,21,22,24). The number of aliphatic hydroxyl groups excluding tert-OH is 1. The van der Waals surface area contributed by atoms with Gasteiger partial charge in [0.2, 0.25) is 0 Å². The van der Waals surface area contributed by atoms with Gasteiger partial charge in [0.05, 0.1) is 12.1 Å². The Kier molecular flexibility index (Phi) is 5.16. The summed E-state index contributed by atoms with van der Waals surface area (Å²) in [6.07, 6.45) is 4.53. The van der Waals surface area contributed by atoms with Crippen LogP contribution in [0.5, 0.6) is 0 Å². The van der Waals surface area contributed by atoms with Crippen LogP contribution < -0.4 is 10.6 Å². The molecule has 0 radical (unpaired) electrons. The Morgan fingerprint density at radius 1 is 1.00 bits per heavy atom. The molecule has 0 bridgehead atoms. The molecule has 0 heterocycles. The molecular formula is C20H24N2O2. The Labute approximate surface area is 142 Å². The highest BCUT2D eigenvalue weighted by Crippen LogP contribution is 2.29. The van der Waals surface area contributed by atoms with Crippen molar-refractivity contribution in [2.24, 2.45) is 0 Å². The van der Waals surface area contributed by atoms with Crippen LogP contribution in [0.2, 0.25) is 0 Å². The van der Waals surface area contributed by atoms with E-state index in [2.05, 4.69) is 22.8 Å². The number of rotatable bonds is 5. The van der Waals surface area contributed by atoms with Crippen LogP contribution in [0, 0.1) is 0 Å². The molecule has 2 aromatic carbocycles. The summed E-state index contributed by atoms with van der Waals surface area (Å²) in [6.45, 7) is -0.00785. The maximum Gasteiger partial charge on any atom is 0.319 e. The summed E-state index contributed by atoms with van der Waals surface area (Å²) in [7, 11) is 0. The highest BCUT2D eigenvalue weighted by Gasteiger charge is 2.34. The zero-order valence-electron chi connectivity index (χ0n) is 13.8. The quantitative estimate of drug-likeness (QED) is 0.785. The van der Waals surface area contributed by atoms with Gasteiger partial charge in [-0.3, -0.25) is 0 Å². The minimum Gasteiger partial charge on any atom is -0.394 e. The molecular weight excluding hydrogens is 300 g/mol. The Hall–Kier alpha value is -2.33. The predicted octanol–water partition coefficient (Wildman–Crippen LogP) is 3.70. The average molecular weight is 324 g/mol. The molecule has 0 saturated heterocycles. The van der Waals surface area contributed by atoms with Crippen molar-refractivity contribution < 1.29 is 9.90 Å². The van der Waals surface area contributed by atoms with Gasteiger partial charge in [0, 0.05) is 5.69 Å². The molecule has 0 aromatic heterocycles. The van der Waals surface area contributed by atoms with Crippen molar-refractivity contribution in [1.29, 1.82) is 0 Å². The molecule has 1 aliphatic carbocycles. The van der Waals surface area contributed by atoms with E-state index in [1.54, 1.807) is 0 Å². The summed E-state index contributed by atoms with van der Waals surface area (Å²) in [5.41, 5.74) is 2.63. The second-order valence-electron chi connectivity index (χ2n) is 6.54. The summed E-state index contributed by atoms with van der Waals surface area (Å²) in [4.78, 5) is 12.4. The summed E-state index contributed by atoms with van der Waals surface area (Å²) >= 11 is 0. The molecule has 2 aromatic rings. The molecule has 3 rings (SSSR count). The van der Waals surface area contributed by atoms with Crippen LogP contribution in [0.15, 0.2) is 54.6 Å². The van der Waals surface area contributed by atoms with Crippen LogP contribution >= 0.6 is 0 Å². The Bertz CT molecular complexity index is 679. The van der Waals surface area contributed by atoms with Crippen molar-refractivity contribution in [3.63, 3.8) is 0 Å². The van der Waals surface area contributed by atoms with Crippen LogP contribution in [0.3, 0.4) is 0 Å². The average Bonchev–Trinajstić information content (AvgIpc) is 3.06. The lowest BCUT2D eigenvalue weighted by molar-refractivity contribution is 0.167. The zero-order chi connectivity index (χ0) is 16.8. The largest absolute Gasteiger partial charge is 0.394 e. The molecule has 24 heavy (non-hydrogen) atoms. The summed E-state index contributed by atoms with van der Waals surface area (Å²) in [6, 6.07) is 17.8. The second-order valence-corrected chi connectivity index (χ2v) is 6.54. The number of nitrogens with one attached hydrogen (secondary N) is 2. The molecule has 1 aliphatic rings. The normalized spacial score (nSPS) is 15.9. The minimum atomic E-state index is -0.460. The molecule has 1 saturated carbocycles. The van der Waals surface area contributed by atoms with E-state index in [0.717, 1.165) is 43.4 Å². The van der Waals surface area contributed by atoms with Gasteiger partial charge in [-0.1, -0.05) is 61.4 Å².